The van der Waals surface area contributed by atoms with Crippen molar-refractivity contribution in [2.45, 2.75) is 6.17 Å². The van der Waals surface area contributed by atoms with Crippen molar-refractivity contribution in [3.63, 3.8) is 0 Å². The molecule has 1 N–H and O–H groups in total. The van der Waals surface area contributed by atoms with Crippen molar-refractivity contribution in [2.75, 3.05) is 10.2 Å². The summed E-state index contributed by atoms with van der Waals surface area (Å²) in [5.41, 5.74) is 10.1. The third kappa shape index (κ3) is 2.59. The van der Waals surface area contributed by atoms with Crippen LogP contribution >= 0.6 is 0 Å². The average Bonchev–Trinajstić information content (AvgIpc) is 3.32. The first-order valence-corrected chi connectivity index (χ1v) is 12.2. The van der Waals surface area contributed by atoms with Gasteiger partial charge in [0.25, 0.3) is 0 Å². The third-order valence-corrected chi connectivity index (χ3v) is 7.59. The molecule has 8 rings (SSSR count). The summed E-state index contributed by atoms with van der Waals surface area (Å²) in [6, 6.07) is 44.2. The van der Waals surface area contributed by atoms with Gasteiger partial charge in [-0.15, -0.1) is 0 Å². The Labute approximate surface area is 204 Å². The quantitative estimate of drug-likeness (QED) is 0.254. The number of nitrogens with one attached hydrogen (secondary N) is 1. The minimum atomic E-state index is 0.0969. The van der Waals surface area contributed by atoms with Crippen LogP contribution in [0.2, 0.25) is 0 Å². The molecule has 35 heavy (non-hydrogen) atoms. The SMILES string of the molecule is c1ccc2c(c1)-c1ccccc1N1c3ccc(-c4cc5ccccc5c5ccccc45)cc3NC21. The molecule has 0 fully saturated rings. The standard InChI is InChI=1S/C33H22N2/c1-2-10-23-21(9-1)19-29(25-12-4-3-11-24(23)25)22-17-18-32-30(20-22)34-33-28-15-6-5-13-26(28)27-14-7-8-16-31(27)35(32)33/h1-20,33-34H. The van der Waals surface area contributed by atoms with Gasteiger partial charge in [0.05, 0.1) is 17.1 Å². The van der Waals surface area contributed by atoms with Gasteiger partial charge in [-0.1, -0.05) is 97.1 Å². The van der Waals surface area contributed by atoms with Gasteiger partial charge in [0.1, 0.15) is 6.17 Å². The first kappa shape index (κ1) is 18.8. The van der Waals surface area contributed by atoms with Crippen molar-refractivity contribution in [3.05, 3.63) is 127 Å². The Morgan fingerprint density at radius 3 is 2.14 bits per heavy atom. The van der Waals surface area contributed by atoms with Crippen LogP contribution in [0.4, 0.5) is 17.1 Å². The summed E-state index contributed by atoms with van der Waals surface area (Å²) in [4.78, 5) is 2.45. The summed E-state index contributed by atoms with van der Waals surface area (Å²) in [7, 11) is 0. The van der Waals surface area contributed by atoms with Gasteiger partial charge in [-0.2, -0.15) is 0 Å². The fraction of sp³-hybridized carbons (Fsp3) is 0.0303. The maximum Gasteiger partial charge on any atom is 0.131 e. The van der Waals surface area contributed by atoms with Crippen LogP contribution in [0.3, 0.4) is 0 Å². The molecule has 0 aliphatic carbocycles. The van der Waals surface area contributed by atoms with E-state index >= 15 is 0 Å². The zero-order valence-electron chi connectivity index (χ0n) is 19.1. The number of rotatable bonds is 1. The van der Waals surface area contributed by atoms with E-state index in [0.717, 1.165) is 0 Å². The van der Waals surface area contributed by atoms with Gasteiger partial charge in [-0.3, -0.25) is 0 Å². The zero-order chi connectivity index (χ0) is 22.9. The lowest BCUT2D eigenvalue weighted by Gasteiger charge is -2.35. The predicted octanol–water partition coefficient (Wildman–Crippen LogP) is 8.90. The number of benzene rings is 6. The van der Waals surface area contributed by atoms with Crippen LogP contribution in [0.5, 0.6) is 0 Å². The van der Waals surface area contributed by atoms with Gasteiger partial charge in [0.2, 0.25) is 0 Å². The Morgan fingerprint density at radius 2 is 1.23 bits per heavy atom. The molecule has 0 saturated heterocycles. The number of fused-ring (bicyclic) bond motifs is 11. The lowest BCUT2D eigenvalue weighted by molar-refractivity contribution is 0.819. The van der Waals surface area contributed by atoms with E-state index in [1.807, 2.05) is 0 Å². The fourth-order valence-electron chi connectivity index (χ4n) is 6.05. The van der Waals surface area contributed by atoms with Crippen LogP contribution in [0, 0.1) is 0 Å². The van der Waals surface area contributed by atoms with Crippen molar-refractivity contribution in [1.29, 1.82) is 0 Å². The predicted molar refractivity (Wildman–Crippen MR) is 147 cm³/mol. The van der Waals surface area contributed by atoms with Crippen LogP contribution in [0.25, 0.3) is 43.8 Å². The summed E-state index contributed by atoms with van der Waals surface area (Å²) in [5, 5.41) is 9.02. The molecular weight excluding hydrogens is 424 g/mol. The largest absolute Gasteiger partial charge is 0.359 e. The lowest BCUT2D eigenvalue weighted by Crippen LogP contribution is -2.27. The van der Waals surface area contributed by atoms with Crippen molar-refractivity contribution < 1.29 is 0 Å². The van der Waals surface area contributed by atoms with Crippen molar-refractivity contribution in [2.24, 2.45) is 0 Å². The summed E-state index contributed by atoms with van der Waals surface area (Å²) >= 11 is 0. The summed E-state index contributed by atoms with van der Waals surface area (Å²) in [6.45, 7) is 0. The average molecular weight is 447 g/mol. The Bertz CT molecular complexity index is 1800. The molecule has 0 aromatic heterocycles. The van der Waals surface area contributed by atoms with E-state index < -0.39 is 0 Å². The second-order valence-corrected chi connectivity index (χ2v) is 9.44. The smallest absolute Gasteiger partial charge is 0.131 e. The Hall–Kier alpha value is -4.56. The molecule has 1 unspecified atom stereocenters. The normalized spacial score (nSPS) is 15.3. The maximum atomic E-state index is 3.85. The first-order valence-electron chi connectivity index (χ1n) is 12.2. The minimum Gasteiger partial charge on any atom is -0.359 e. The summed E-state index contributed by atoms with van der Waals surface area (Å²) < 4.78 is 0. The lowest BCUT2D eigenvalue weighted by atomic mass is 9.91. The van der Waals surface area contributed by atoms with Crippen LogP contribution in [0.15, 0.2) is 121 Å². The first-order chi connectivity index (χ1) is 17.4. The molecule has 0 bridgehead atoms. The second-order valence-electron chi connectivity index (χ2n) is 9.44. The van der Waals surface area contributed by atoms with E-state index in [4.69, 9.17) is 0 Å². The Morgan fingerprint density at radius 1 is 0.514 bits per heavy atom. The molecule has 6 aromatic carbocycles. The van der Waals surface area contributed by atoms with Gasteiger partial charge in [0, 0.05) is 11.1 Å². The highest BCUT2D eigenvalue weighted by atomic mass is 15.3. The van der Waals surface area contributed by atoms with Gasteiger partial charge in [-0.05, 0) is 62.5 Å². The molecule has 2 aliphatic heterocycles. The van der Waals surface area contributed by atoms with Crippen molar-refractivity contribution in [3.8, 4) is 22.3 Å². The van der Waals surface area contributed by atoms with E-state index in [2.05, 4.69) is 132 Å². The molecule has 0 radical (unpaired) electrons. The number of anilines is 3. The molecule has 164 valence electrons. The fourth-order valence-corrected chi connectivity index (χ4v) is 6.05. The molecule has 2 nitrogen and oxygen atoms in total. The number of nitrogens with zero attached hydrogens (tertiary/aromatic N) is 1. The highest BCUT2D eigenvalue weighted by Crippen LogP contribution is 2.54. The van der Waals surface area contributed by atoms with Crippen LogP contribution in [0.1, 0.15) is 11.7 Å². The maximum absolute atomic E-state index is 3.85. The monoisotopic (exact) mass is 446 g/mol. The Balaban J connectivity index is 1.34. The molecule has 2 heteroatoms. The van der Waals surface area contributed by atoms with E-state index in [1.165, 1.54) is 66.4 Å². The molecule has 2 heterocycles. The van der Waals surface area contributed by atoms with Gasteiger partial charge in [0.15, 0.2) is 0 Å². The van der Waals surface area contributed by atoms with Gasteiger partial charge < -0.3 is 10.2 Å². The highest BCUT2D eigenvalue weighted by Gasteiger charge is 2.37. The molecule has 0 spiro atoms. The van der Waals surface area contributed by atoms with E-state index in [9.17, 15) is 0 Å². The summed E-state index contributed by atoms with van der Waals surface area (Å²) in [5.74, 6) is 0. The van der Waals surface area contributed by atoms with Crippen LogP contribution < -0.4 is 10.2 Å². The third-order valence-electron chi connectivity index (χ3n) is 7.59. The molecule has 6 aromatic rings. The topological polar surface area (TPSA) is 15.3 Å². The van der Waals surface area contributed by atoms with Gasteiger partial charge >= 0.3 is 0 Å². The molecule has 1 atom stereocenters. The van der Waals surface area contributed by atoms with E-state index in [0.29, 0.717) is 0 Å². The second kappa shape index (κ2) is 6.97. The van der Waals surface area contributed by atoms with Crippen LogP contribution in [-0.2, 0) is 0 Å². The Kier molecular flexibility index (Phi) is 3.75. The van der Waals surface area contributed by atoms with Crippen LogP contribution in [-0.4, -0.2) is 0 Å². The molecular formula is C33H22N2. The number of para-hydroxylation sites is 1. The number of hydrogen-bond donors (Lipinski definition) is 1. The van der Waals surface area contributed by atoms with Crippen molar-refractivity contribution >= 4 is 38.6 Å². The van der Waals surface area contributed by atoms with Crippen molar-refractivity contribution in [1.82, 2.24) is 0 Å². The minimum absolute atomic E-state index is 0.0969. The molecule has 0 amide bonds. The van der Waals surface area contributed by atoms with Gasteiger partial charge in [-0.25, -0.2) is 0 Å². The molecule has 0 saturated carbocycles. The summed E-state index contributed by atoms with van der Waals surface area (Å²) in [6.07, 6.45) is 0.0969. The molecule has 2 aliphatic rings. The van der Waals surface area contributed by atoms with E-state index in [1.54, 1.807) is 0 Å². The highest BCUT2D eigenvalue weighted by molar-refractivity contribution is 6.14. The zero-order valence-corrected chi connectivity index (χ0v) is 19.1. The van der Waals surface area contributed by atoms with E-state index in [-0.39, 0.29) is 6.17 Å². The number of hydrogen-bond acceptors (Lipinski definition) is 2.